The van der Waals surface area contributed by atoms with Crippen molar-refractivity contribution in [1.29, 1.82) is 5.26 Å². The van der Waals surface area contributed by atoms with E-state index in [1.54, 1.807) is 32.9 Å². The third-order valence-electron chi connectivity index (χ3n) is 4.85. The number of sulfone groups is 1. The predicted molar refractivity (Wildman–Crippen MR) is 106 cm³/mol. The van der Waals surface area contributed by atoms with Gasteiger partial charge in [0.1, 0.15) is 16.7 Å². The van der Waals surface area contributed by atoms with Crippen molar-refractivity contribution in [2.24, 2.45) is 5.92 Å². The van der Waals surface area contributed by atoms with Gasteiger partial charge in [0.2, 0.25) is 0 Å². The molecule has 154 valence electrons. The van der Waals surface area contributed by atoms with E-state index in [2.05, 4.69) is 16.3 Å². The maximum atomic E-state index is 12.5. The molecule has 1 aliphatic rings. The first-order valence-corrected chi connectivity index (χ1v) is 11.3. The standard InChI is InChI=1S/C20H23N3O5S/c1-5-27-20(24)17-18(28-14-8-11(2)15(10-21)12(3)9-14)16(22-23-17)19(13-6-7-13)29(4,25)26/h8-9,13,19H,5-7H2,1-4H3,(H,22,23). The fourth-order valence-corrected chi connectivity index (χ4v) is 4.97. The van der Waals surface area contributed by atoms with Gasteiger partial charge in [-0.25, -0.2) is 13.2 Å². The topological polar surface area (TPSA) is 122 Å². The molecule has 1 atom stereocenters. The lowest BCUT2D eigenvalue weighted by Crippen LogP contribution is -2.15. The molecule has 3 rings (SSSR count). The number of nitriles is 1. The monoisotopic (exact) mass is 417 g/mol. The maximum Gasteiger partial charge on any atom is 0.360 e. The van der Waals surface area contributed by atoms with Crippen LogP contribution in [0, 0.1) is 31.1 Å². The number of aromatic nitrogens is 2. The molecule has 1 heterocycles. The van der Waals surface area contributed by atoms with Crippen LogP contribution in [0.5, 0.6) is 11.5 Å². The van der Waals surface area contributed by atoms with Crippen LogP contribution in [0.3, 0.4) is 0 Å². The quantitative estimate of drug-likeness (QED) is 0.685. The van der Waals surface area contributed by atoms with Crippen molar-refractivity contribution < 1.29 is 22.7 Å². The molecule has 0 radical (unpaired) electrons. The lowest BCUT2D eigenvalue weighted by atomic mass is 10.0. The number of benzene rings is 1. The Labute approximate surface area is 169 Å². The number of esters is 1. The minimum Gasteiger partial charge on any atom is -0.461 e. The lowest BCUT2D eigenvalue weighted by Gasteiger charge is -2.15. The molecule has 0 amide bonds. The van der Waals surface area contributed by atoms with Gasteiger partial charge in [-0.3, -0.25) is 5.10 Å². The highest BCUT2D eigenvalue weighted by molar-refractivity contribution is 7.91. The Bertz CT molecular complexity index is 1070. The van der Waals surface area contributed by atoms with Crippen LogP contribution in [-0.4, -0.2) is 37.4 Å². The van der Waals surface area contributed by atoms with Gasteiger partial charge in [0, 0.05) is 6.26 Å². The zero-order valence-electron chi connectivity index (χ0n) is 16.8. The molecule has 0 bridgehead atoms. The van der Waals surface area contributed by atoms with E-state index in [1.807, 2.05) is 0 Å². The first-order valence-electron chi connectivity index (χ1n) is 9.30. The van der Waals surface area contributed by atoms with E-state index in [4.69, 9.17) is 9.47 Å². The van der Waals surface area contributed by atoms with Crippen LogP contribution in [0.2, 0.25) is 0 Å². The summed E-state index contributed by atoms with van der Waals surface area (Å²) in [5.74, 6) is -0.300. The summed E-state index contributed by atoms with van der Waals surface area (Å²) in [4.78, 5) is 12.4. The van der Waals surface area contributed by atoms with Crippen LogP contribution in [-0.2, 0) is 14.6 Å². The van der Waals surface area contributed by atoms with E-state index in [0.29, 0.717) is 22.4 Å². The molecule has 29 heavy (non-hydrogen) atoms. The number of H-pyrrole nitrogens is 1. The average molecular weight is 417 g/mol. The van der Waals surface area contributed by atoms with Crippen molar-refractivity contribution in [2.45, 2.75) is 38.9 Å². The normalized spacial score (nSPS) is 14.9. The van der Waals surface area contributed by atoms with Gasteiger partial charge < -0.3 is 9.47 Å². The smallest absolute Gasteiger partial charge is 0.360 e. The highest BCUT2D eigenvalue weighted by atomic mass is 32.2. The van der Waals surface area contributed by atoms with Crippen LogP contribution in [0.15, 0.2) is 12.1 Å². The lowest BCUT2D eigenvalue weighted by molar-refractivity contribution is 0.0516. The number of aryl methyl sites for hydroxylation is 2. The van der Waals surface area contributed by atoms with Gasteiger partial charge in [-0.15, -0.1) is 0 Å². The molecule has 0 spiro atoms. The number of carbonyl (C=O) groups is 1. The van der Waals surface area contributed by atoms with Crippen molar-refractivity contribution in [2.75, 3.05) is 12.9 Å². The van der Waals surface area contributed by atoms with Crippen LogP contribution < -0.4 is 4.74 Å². The zero-order chi connectivity index (χ0) is 21.3. The molecular formula is C20H23N3O5S. The number of hydrogen-bond acceptors (Lipinski definition) is 7. The molecule has 1 unspecified atom stereocenters. The molecule has 1 aromatic carbocycles. The fraction of sp³-hybridized carbons (Fsp3) is 0.450. The number of ether oxygens (including phenoxy) is 2. The molecule has 9 heteroatoms. The second kappa shape index (κ2) is 7.87. The SMILES string of the molecule is CCOC(=O)c1[nH]nc(C(C2CC2)S(C)(=O)=O)c1Oc1cc(C)c(C#N)c(C)c1. The minimum atomic E-state index is -3.48. The largest absolute Gasteiger partial charge is 0.461 e. The molecule has 1 fully saturated rings. The van der Waals surface area contributed by atoms with Gasteiger partial charge >= 0.3 is 5.97 Å². The van der Waals surface area contributed by atoms with E-state index in [-0.39, 0.29) is 29.7 Å². The summed E-state index contributed by atoms with van der Waals surface area (Å²) in [5, 5.41) is 15.1. The molecule has 1 aromatic heterocycles. The Balaban J connectivity index is 2.11. The highest BCUT2D eigenvalue weighted by Crippen LogP contribution is 2.48. The number of rotatable bonds is 7. The van der Waals surface area contributed by atoms with Crippen molar-refractivity contribution in [3.05, 3.63) is 40.2 Å². The Morgan fingerprint density at radius 2 is 1.97 bits per heavy atom. The number of hydrogen-bond donors (Lipinski definition) is 1. The van der Waals surface area contributed by atoms with Gasteiger partial charge in [-0.05, 0) is 62.8 Å². The van der Waals surface area contributed by atoms with Crippen LogP contribution in [0.25, 0.3) is 0 Å². The summed E-state index contributed by atoms with van der Waals surface area (Å²) in [6.07, 6.45) is 2.70. The van der Waals surface area contributed by atoms with Gasteiger partial charge in [-0.2, -0.15) is 10.4 Å². The molecule has 8 nitrogen and oxygen atoms in total. The van der Waals surface area contributed by atoms with Crippen LogP contribution >= 0.6 is 0 Å². The summed E-state index contributed by atoms with van der Waals surface area (Å²) >= 11 is 0. The number of nitrogens with one attached hydrogen (secondary N) is 1. The Morgan fingerprint density at radius 3 is 2.45 bits per heavy atom. The first kappa shape index (κ1) is 20.9. The molecule has 0 saturated heterocycles. The van der Waals surface area contributed by atoms with Crippen molar-refractivity contribution in [3.8, 4) is 17.6 Å². The predicted octanol–water partition coefficient (Wildman–Crippen LogP) is 3.36. The Morgan fingerprint density at radius 1 is 1.34 bits per heavy atom. The summed E-state index contributed by atoms with van der Waals surface area (Å²) in [6, 6.07) is 5.48. The highest BCUT2D eigenvalue weighted by Gasteiger charge is 2.43. The molecule has 1 N–H and O–H groups in total. The third-order valence-corrected chi connectivity index (χ3v) is 6.38. The first-order chi connectivity index (χ1) is 13.7. The summed E-state index contributed by atoms with van der Waals surface area (Å²) in [5.41, 5.74) is 2.12. The van der Waals surface area contributed by atoms with Gasteiger partial charge in [0.25, 0.3) is 0 Å². The summed E-state index contributed by atoms with van der Waals surface area (Å²) in [7, 11) is -3.48. The van der Waals surface area contributed by atoms with Gasteiger partial charge in [-0.1, -0.05) is 0 Å². The number of carbonyl (C=O) groups excluding carboxylic acids is 1. The molecule has 1 saturated carbocycles. The molecule has 0 aliphatic heterocycles. The summed E-state index contributed by atoms with van der Waals surface area (Å²) < 4.78 is 36.0. The number of nitrogens with zero attached hydrogens (tertiary/aromatic N) is 2. The molecule has 2 aromatic rings. The van der Waals surface area contributed by atoms with Crippen molar-refractivity contribution >= 4 is 15.8 Å². The van der Waals surface area contributed by atoms with Crippen LogP contribution in [0.4, 0.5) is 0 Å². The molecule has 1 aliphatic carbocycles. The van der Waals surface area contributed by atoms with E-state index >= 15 is 0 Å². The van der Waals surface area contributed by atoms with E-state index in [9.17, 15) is 18.5 Å². The van der Waals surface area contributed by atoms with Crippen molar-refractivity contribution in [1.82, 2.24) is 10.2 Å². The molecular weight excluding hydrogens is 394 g/mol. The van der Waals surface area contributed by atoms with Gasteiger partial charge in [0.05, 0.1) is 18.2 Å². The van der Waals surface area contributed by atoms with E-state index < -0.39 is 21.1 Å². The Hall–Kier alpha value is -2.86. The van der Waals surface area contributed by atoms with Crippen LogP contribution in [0.1, 0.15) is 57.9 Å². The second-order valence-corrected chi connectivity index (χ2v) is 9.43. The fourth-order valence-electron chi connectivity index (χ4n) is 3.44. The van der Waals surface area contributed by atoms with Gasteiger partial charge in [0.15, 0.2) is 21.3 Å². The zero-order valence-corrected chi connectivity index (χ0v) is 17.6. The van der Waals surface area contributed by atoms with E-state index in [1.165, 1.54) is 0 Å². The van der Waals surface area contributed by atoms with Crippen molar-refractivity contribution in [3.63, 3.8) is 0 Å². The summed E-state index contributed by atoms with van der Waals surface area (Å²) in [6.45, 7) is 5.39. The van der Waals surface area contributed by atoms with E-state index in [0.717, 1.165) is 19.1 Å². The number of aromatic amines is 1. The average Bonchev–Trinajstić information content (AvgIpc) is 3.35. The second-order valence-electron chi connectivity index (χ2n) is 7.27. The Kier molecular flexibility index (Phi) is 5.66. The minimum absolute atomic E-state index is 0.0317. The third kappa shape index (κ3) is 4.27. The maximum absolute atomic E-state index is 12.5.